The van der Waals surface area contributed by atoms with Crippen LogP contribution in [0.2, 0.25) is 0 Å². The van der Waals surface area contributed by atoms with E-state index in [9.17, 15) is 0 Å². The zero-order chi connectivity index (χ0) is 10.6. The minimum atomic E-state index is 0.609. The third-order valence-corrected chi connectivity index (χ3v) is 2.46. The van der Waals surface area contributed by atoms with Crippen molar-refractivity contribution in [3.63, 3.8) is 0 Å². The number of nitrogens with one attached hydrogen (secondary N) is 1. The largest absolute Gasteiger partial charge is 0.384 e. The van der Waals surface area contributed by atoms with Crippen LogP contribution in [-0.2, 0) is 0 Å². The summed E-state index contributed by atoms with van der Waals surface area (Å²) in [5, 5.41) is 12.0. The molecule has 0 spiro atoms. The number of rotatable bonds is 3. The van der Waals surface area contributed by atoms with Gasteiger partial charge in [-0.1, -0.05) is 13.8 Å². The summed E-state index contributed by atoms with van der Waals surface area (Å²) in [4.78, 5) is 0. The van der Waals surface area contributed by atoms with E-state index in [0.717, 1.165) is 16.7 Å². The van der Waals surface area contributed by atoms with E-state index in [2.05, 4.69) is 41.2 Å². The zero-order valence-electron chi connectivity index (χ0n) is 8.34. The smallest absolute Gasteiger partial charge is 0.0992 e. The summed E-state index contributed by atoms with van der Waals surface area (Å²) in [6, 6.07) is 7.66. The van der Waals surface area contributed by atoms with E-state index in [-0.39, 0.29) is 0 Å². The zero-order valence-corrected chi connectivity index (χ0v) is 9.93. The Morgan fingerprint density at radius 1 is 1.50 bits per heavy atom. The van der Waals surface area contributed by atoms with Crippen LogP contribution in [0.15, 0.2) is 22.7 Å². The Morgan fingerprint density at radius 2 is 2.21 bits per heavy atom. The topological polar surface area (TPSA) is 35.8 Å². The van der Waals surface area contributed by atoms with Gasteiger partial charge in [0.2, 0.25) is 0 Å². The van der Waals surface area contributed by atoms with Crippen LogP contribution < -0.4 is 5.32 Å². The molecule has 1 rings (SSSR count). The molecule has 0 aliphatic heterocycles. The first-order chi connectivity index (χ1) is 6.63. The van der Waals surface area contributed by atoms with Crippen molar-refractivity contribution in [2.24, 2.45) is 5.92 Å². The molecule has 1 aromatic rings. The summed E-state index contributed by atoms with van der Waals surface area (Å²) in [5.74, 6) is 0.609. The third kappa shape index (κ3) is 3.04. The van der Waals surface area contributed by atoms with Gasteiger partial charge in [-0.3, -0.25) is 0 Å². The maximum Gasteiger partial charge on any atom is 0.0992 e. The highest BCUT2D eigenvalue weighted by Gasteiger charge is 2.01. The first-order valence-electron chi connectivity index (χ1n) is 4.57. The van der Waals surface area contributed by atoms with Crippen LogP contribution in [0.1, 0.15) is 19.4 Å². The van der Waals surface area contributed by atoms with Gasteiger partial charge in [-0.05, 0) is 40.0 Å². The molecule has 0 unspecified atom stereocenters. The maximum atomic E-state index is 8.68. The lowest BCUT2D eigenvalue weighted by molar-refractivity contribution is 0.688. The molecule has 0 amide bonds. The van der Waals surface area contributed by atoms with Crippen LogP contribution in [0, 0.1) is 17.2 Å². The minimum absolute atomic E-state index is 0.609. The van der Waals surface area contributed by atoms with Gasteiger partial charge in [0.1, 0.15) is 0 Å². The fourth-order valence-corrected chi connectivity index (χ4v) is 1.56. The van der Waals surface area contributed by atoms with Gasteiger partial charge >= 0.3 is 0 Å². The Kier molecular flexibility index (Phi) is 3.97. The molecule has 0 aromatic heterocycles. The lowest BCUT2D eigenvalue weighted by Gasteiger charge is -2.10. The van der Waals surface area contributed by atoms with E-state index in [1.807, 2.05) is 18.2 Å². The quantitative estimate of drug-likeness (QED) is 0.896. The Bertz CT molecular complexity index is 353. The summed E-state index contributed by atoms with van der Waals surface area (Å²) < 4.78 is 0.942. The van der Waals surface area contributed by atoms with Crippen molar-refractivity contribution < 1.29 is 0 Å². The summed E-state index contributed by atoms with van der Waals surface area (Å²) in [6.07, 6.45) is 0. The van der Waals surface area contributed by atoms with Gasteiger partial charge in [-0.2, -0.15) is 5.26 Å². The Morgan fingerprint density at radius 3 is 2.71 bits per heavy atom. The van der Waals surface area contributed by atoms with Gasteiger partial charge < -0.3 is 5.32 Å². The SMILES string of the molecule is CC(C)CNc1ccc(C#N)cc1Br. The molecule has 74 valence electrons. The molecule has 0 aliphatic rings. The second kappa shape index (κ2) is 5.02. The normalized spacial score (nSPS) is 9.93. The second-order valence-corrected chi connectivity index (χ2v) is 4.44. The summed E-state index contributed by atoms with van der Waals surface area (Å²) in [6.45, 7) is 5.25. The monoisotopic (exact) mass is 252 g/mol. The molecule has 0 atom stereocenters. The molecular weight excluding hydrogens is 240 g/mol. The molecule has 0 heterocycles. The van der Waals surface area contributed by atoms with Crippen molar-refractivity contribution in [3.05, 3.63) is 28.2 Å². The number of anilines is 1. The Labute approximate surface area is 93.1 Å². The molecular formula is C11H13BrN2. The lowest BCUT2D eigenvalue weighted by Crippen LogP contribution is -2.08. The van der Waals surface area contributed by atoms with Crippen molar-refractivity contribution in [3.8, 4) is 6.07 Å². The molecule has 14 heavy (non-hydrogen) atoms. The van der Waals surface area contributed by atoms with Gasteiger partial charge in [0.15, 0.2) is 0 Å². The number of nitriles is 1. The summed E-state index contributed by atoms with van der Waals surface area (Å²) in [7, 11) is 0. The summed E-state index contributed by atoms with van der Waals surface area (Å²) >= 11 is 3.42. The van der Waals surface area contributed by atoms with E-state index in [0.29, 0.717) is 11.5 Å². The van der Waals surface area contributed by atoms with Gasteiger partial charge in [-0.25, -0.2) is 0 Å². The van der Waals surface area contributed by atoms with Crippen molar-refractivity contribution >= 4 is 21.6 Å². The number of nitrogens with zero attached hydrogens (tertiary/aromatic N) is 1. The molecule has 1 N–H and O–H groups in total. The molecule has 0 radical (unpaired) electrons. The fourth-order valence-electron chi connectivity index (χ4n) is 1.04. The standard InChI is InChI=1S/C11H13BrN2/c1-8(2)7-14-11-4-3-9(6-13)5-10(11)12/h3-5,8,14H,7H2,1-2H3. The second-order valence-electron chi connectivity index (χ2n) is 3.58. The molecule has 0 bridgehead atoms. The van der Waals surface area contributed by atoms with E-state index in [1.165, 1.54) is 0 Å². The van der Waals surface area contributed by atoms with Gasteiger partial charge in [0, 0.05) is 16.7 Å². The predicted molar refractivity (Wildman–Crippen MR) is 62.2 cm³/mol. The maximum absolute atomic E-state index is 8.68. The molecule has 0 saturated heterocycles. The van der Waals surface area contributed by atoms with Crippen LogP contribution in [0.4, 0.5) is 5.69 Å². The minimum Gasteiger partial charge on any atom is -0.384 e. The number of halogens is 1. The van der Waals surface area contributed by atoms with E-state index < -0.39 is 0 Å². The molecule has 2 nitrogen and oxygen atoms in total. The number of hydrogen-bond acceptors (Lipinski definition) is 2. The Balaban J connectivity index is 2.75. The predicted octanol–water partition coefficient (Wildman–Crippen LogP) is 3.39. The molecule has 0 saturated carbocycles. The highest BCUT2D eigenvalue weighted by atomic mass is 79.9. The van der Waals surface area contributed by atoms with Gasteiger partial charge in [0.05, 0.1) is 11.6 Å². The number of benzene rings is 1. The van der Waals surface area contributed by atoms with E-state index >= 15 is 0 Å². The first kappa shape index (κ1) is 11.1. The van der Waals surface area contributed by atoms with Crippen molar-refractivity contribution in [1.29, 1.82) is 5.26 Å². The summed E-state index contributed by atoms with van der Waals surface area (Å²) in [5.41, 5.74) is 1.71. The lowest BCUT2D eigenvalue weighted by atomic mass is 10.2. The highest BCUT2D eigenvalue weighted by molar-refractivity contribution is 9.10. The van der Waals surface area contributed by atoms with Crippen LogP contribution >= 0.6 is 15.9 Å². The average molecular weight is 253 g/mol. The van der Waals surface area contributed by atoms with Gasteiger partial charge in [-0.15, -0.1) is 0 Å². The third-order valence-electron chi connectivity index (χ3n) is 1.80. The first-order valence-corrected chi connectivity index (χ1v) is 5.36. The molecule has 0 fully saturated rings. The van der Waals surface area contributed by atoms with Crippen LogP contribution in [0.3, 0.4) is 0 Å². The van der Waals surface area contributed by atoms with E-state index in [1.54, 1.807) is 0 Å². The highest BCUT2D eigenvalue weighted by Crippen LogP contribution is 2.23. The van der Waals surface area contributed by atoms with Crippen molar-refractivity contribution in [1.82, 2.24) is 0 Å². The van der Waals surface area contributed by atoms with Crippen molar-refractivity contribution in [2.75, 3.05) is 11.9 Å². The van der Waals surface area contributed by atoms with Crippen molar-refractivity contribution in [2.45, 2.75) is 13.8 Å². The van der Waals surface area contributed by atoms with Crippen LogP contribution in [0.25, 0.3) is 0 Å². The van der Waals surface area contributed by atoms with Gasteiger partial charge in [0.25, 0.3) is 0 Å². The average Bonchev–Trinajstić information content (AvgIpc) is 2.15. The molecule has 3 heteroatoms. The fraction of sp³-hybridized carbons (Fsp3) is 0.364. The van der Waals surface area contributed by atoms with E-state index in [4.69, 9.17) is 5.26 Å². The molecule has 1 aromatic carbocycles. The van der Waals surface area contributed by atoms with Crippen LogP contribution in [0.5, 0.6) is 0 Å². The Hall–Kier alpha value is -1.01. The van der Waals surface area contributed by atoms with Crippen LogP contribution in [-0.4, -0.2) is 6.54 Å². The molecule has 0 aliphatic carbocycles. The number of hydrogen-bond donors (Lipinski definition) is 1.